The van der Waals surface area contributed by atoms with Gasteiger partial charge >= 0.3 is 0 Å². The first-order valence-electron chi connectivity index (χ1n) is 8.01. The van der Waals surface area contributed by atoms with Crippen LogP contribution in [-0.4, -0.2) is 25.0 Å². The van der Waals surface area contributed by atoms with E-state index in [4.69, 9.17) is 4.74 Å². The molecule has 3 rings (SSSR count). The molecule has 0 aromatic heterocycles. The number of benzene rings is 2. The van der Waals surface area contributed by atoms with Gasteiger partial charge in [0, 0.05) is 24.3 Å². The van der Waals surface area contributed by atoms with E-state index < -0.39 is 0 Å². The number of rotatable bonds is 5. The highest BCUT2D eigenvalue weighted by molar-refractivity contribution is 5.96. The van der Waals surface area contributed by atoms with Gasteiger partial charge in [0.2, 0.25) is 5.91 Å². The molecule has 5 nitrogen and oxygen atoms in total. The number of anilines is 2. The molecule has 0 saturated carbocycles. The van der Waals surface area contributed by atoms with Crippen molar-refractivity contribution in [2.45, 2.75) is 19.8 Å². The molecule has 5 heteroatoms. The van der Waals surface area contributed by atoms with Crippen molar-refractivity contribution >= 4 is 23.2 Å². The minimum atomic E-state index is -0.221. The molecular formula is C19H20N2O3. The minimum Gasteiger partial charge on any atom is -0.484 e. The highest BCUT2D eigenvalue weighted by Crippen LogP contribution is 2.23. The second kappa shape index (κ2) is 7.17. The summed E-state index contributed by atoms with van der Waals surface area (Å²) in [5.74, 6) is 0.605. The van der Waals surface area contributed by atoms with Crippen molar-refractivity contribution in [3.8, 4) is 5.75 Å². The predicted octanol–water partition coefficient (Wildman–Crippen LogP) is 3.14. The topological polar surface area (TPSA) is 58.6 Å². The minimum absolute atomic E-state index is 0.0458. The van der Waals surface area contributed by atoms with Crippen LogP contribution in [0.3, 0.4) is 0 Å². The maximum Gasteiger partial charge on any atom is 0.262 e. The smallest absolute Gasteiger partial charge is 0.262 e. The van der Waals surface area contributed by atoms with Gasteiger partial charge in [0.25, 0.3) is 5.91 Å². The molecule has 124 valence electrons. The molecule has 2 aromatic carbocycles. The zero-order valence-corrected chi connectivity index (χ0v) is 13.6. The van der Waals surface area contributed by atoms with Gasteiger partial charge in [0.05, 0.1) is 0 Å². The van der Waals surface area contributed by atoms with Crippen molar-refractivity contribution in [1.29, 1.82) is 0 Å². The van der Waals surface area contributed by atoms with Crippen LogP contribution in [0.1, 0.15) is 18.4 Å². The lowest BCUT2D eigenvalue weighted by Crippen LogP contribution is -2.23. The molecule has 1 aliphatic heterocycles. The third-order valence-corrected chi connectivity index (χ3v) is 3.90. The summed E-state index contributed by atoms with van der Waals surface area (Å²) in [6.45, 7) is 2.68. The van der Waals surface area contributed by atoms with Gasteiger partial charge in [-0.05, 0) is 55.3 Å². The summed E-state index contributed by atoms with van der Waals surface area (Å²) in [7, 11) is 0. The molecule has 0 radical (unpaired) electrons. The lowest BCUT2D eigenvalue weighted by atomic mass is 10.2. The lowest BCUT2D eigenvalue weighted by Gasteiger charge is -2.16. The first kappa shape index (κ1) is 16.1. The Balaban J connectivity index is 1.53. The van der Waals surface area contributed by atoms with Crippen LogP contribution in [0.15, 0.2) is 48.5 Å². The first-order valence-corrected chi connectivity index (χ1v) is 8.01. The lowest BCUT2D eigenvalue weighted by molar-refractivity contribution is -0.118. The van der Waals surface area contributed by atoms with Crippen molar-refractivity contribution in [3.05, 3.63) is 54.1 Å². The predicted molar refractivity (Wildman–Crippen MR) is 93.3 cm³/mol. The van der Waals surface area contributed by atoms with E-state index >= 15 is 0 Å². The van der Waals surface area contributed by atoms with Crippen molar-refractivity contribution in [2.24, 2.45) is 0 Å². The van der Waals surface area contributed by atoms with E-state index in [9.17, 15) is 9.59 Å². The van der Waals surface area contributed by atoms with Crippen LogP contribution in [0.4, 0.5) is 11.4 Å². The van der Waals surface area contributed by atoms with Crippen molar-refractivity contribution in [1.82, 2.24) is 0 Å². The number of amides is 2. The highest BCUT2D eigenvalue weighted by atomic mass is 16.5. The molecule has 0 unspecified atom stereocenters. The van der Waals surface area contributed by atoms with E-state index in [0.29, 0.717) is 17.9 Å². The number of nitrogens with one attached hydrogen (secondary N) is 1. The van der Waals surface area contributed by atoms with Gasteiger partial charge in [-0.15, -0.1) is 0 Å². The van der Waals surface area contributed by atoms with Gasteiger partial charge in [-0.1, -0.05) is 12.1 Å². The summed E-state index contributed by atoms with van der Waals surface area (Å²) in [5.41, 5.74) is 2.63. The van der Waals surface area contributed by atoms with Gasteiger partial charge in [-0.25, -0.2) is 0 Å². The molecule has 1 saturated heterocycles. The summed E-state index contributed by atoms with van der Waals surface area (Å²) in [5, 5.41) is 2.79. The Bertz CT molecular complexity index is 741. The summed E-state index contributed by atoms with van der Waals surface area (Å²) in [6.07, 6.45) is 1.50. The van der Waals surface area contributed by atoms with Crippen molar-refractivity contribution in [2.75, 3.05) is 23.4 Å². The molecule has 0 atom stereocenters. The molecule has 0 aliphatic carbocycles. The van der Waals surface area contributed by atoms with Crippen LogP contribution in [0.2, 0.25) is 0 Å². The Morgan fingerprint density at radius 2 is 2.00 bits per heavy atom. The van der Waals surface area contributed by atoms with Crippen LogP contribution in [0, 0.1) is 6.92 Å². The van der Waals surface area contributed by atoms with Gasteiger partial charge < -0.3 is 15.0 Å². The number of carbonyl (C=O) groups is 2. The van der Waals surface area contributed by atoms with Gasteiger partial charge in [-0.2, -0.15) is 0 Å². The fraction of sp³-hybridized carbons (Fsp3) is 0.263. The summed E-state index contributed by atoms with van der Waals surface area (Å²) < 4.78 is 5.47. The van der Waals surface area contributed by atoms with Crippen molar-refractivity contribution in [3.63, 3.8) is 0 Å². The molecule has 1 aliphatic rings. The van der Waals surface area contributed by atoms with Crippen LogP contribution in [-0.2, 0) is 9.59 Å². The van der Waals surface area contributed by atoms with Gasteiger partial charge in [0.15, 0.2) is 6.61 Å². The summed E-state index contributed by atoms with van der Waals surface area (Å²) >= 11 is 0. The normalized spacial score (nSPS) is 13.9. The molecular weight excluding hydrogens is 304 g/mol. The Kier molecular flexibility index (Phi) is 4.79. The quantitative estimate of drug-likeness (QED) is 0.919. The van der Waals surface area contributed by atoms with E-state index in [1.165, 1.54) is 0 Å². The maximum absolute atomic E-state index is 12.0. The SMILES string of the molecule is Cc1cccc(OCC(=O)Nc2ccc(N3CCCC3=O)cc2)c1. The number of ether oxygens (including phenoxy) is 1. The Morgan fingerprint density at radius 3 is 2.67 bits per heavy atom. The van der Waals surface area contributed by atoms with Crippen LogP contribution < -0.4 is 15.0 Å². The summed E-state index contributed by atoms with van der Waals surface area (Å²) in [6, 6.07) is 14.9. The molecule has 1 N–H and O–H groups in total. The Hall–Kier alpha value is -2.82. The average Bonchev–Trinajstić information content (AvgIpc) is 3.00. The molecule has 1 heterocycles. The number of aryl methyl sites for hydroxylation is 1. The zero-order chi connectivity index (χ0) is 16.9. The van der Waals surface area contributed by atoms with Gasteiger partial charge in [0.1, 0.15) is 5.75 Å². The molecule has 0 spiro atoms. The first-order chi connectivity index (χ1) is 11.6. The Morgan fingerprint density at radius 1 is 1.21 bits per heavy atom. The fourth-order valence-electron chi connectivity index (χ4n) is 2.70. The molecule has 1 fully saturated rings. The standard InChI is InChI=1S/C19H20N2O3/c1-14-4-2-5-17(12-14)24-13-18(22)20-15-7-9-16(10-8-15)21-11-3-6-19(21)23/h2,4-5,7-10,12H,3,6,11,13H2,1H3,(H,20,22). The van der Waals surface area contributed by atoms with E-state index in [1.807, 2.05) is 43.3 Å². The number of hydrogen-bond donors (Lipinski definition) is 1. The zero-order valence-electron chi connectivity index (χ0n) is 13.6. The van der Waals surface area contributed by atoms with Crippen molar-refractivity contribution < 1.29 is 14.3 Å². The molecule has 2 aromatic rings. The molecule has 2 amide bonds. The third-order valence-electron chi connectivity index (χ3n) is 3.90. The van der Waals surface area contributed by atoms with Crippen LogP contribution in [0.5, 0.6) is 5.75 Å². The molecule has 0 bridgehead atoms. The monoisotopic (exact) mass is 324 g/mol. The number of nitrogens with zero attached hydrogens (tertiary/aromatic N) is 1. The van der Waals surface area contributed by atoms with Gasteiger partial charge in [-0.3, -0.25) is 9.59 Å². The highest BCUT2D eigenvalue weighted by Gasteiger charge is 2.21. The van der Waals surface area contributed by atoms with Crippen LogP contribution in [0.25, 0.3) is 0 Å². The maximum atomic E-state index is 12.0. The fourth-order valence-corrected chi connectivity index (χ4v) is 2.70. The second-order valence-corrected chi connectivity index (χ2v) is 5.85. The van der Waals surface area contributed by atoms with E-state index in [2.05, 4.69) is 5.32 Å². The average molecular weight is 324 g/mol. The summed E-state index contributed by atoms with van der Waals surface area (Å²) in [4.78, 5) is 25.5. The molecule has 24 heavy (non-hydrogen) atoms. The third kappa shape index (κ3) is 3.93. The largest absolute Gasteiger partial charge is 0.484 e. The van der Waals surface area contributed by atoms with Crippen LogP contribution >= 0.6 is 0 Å². The van der Waals surface area contributed by atoms with E-state index in [1.54, 1.807) is 17.0 Å². The number of hydrogen-bond acceptors (Lipinski definition) is 3. The second-order valence-electron chi connectivity index (χ2n) is 5.85. The number of carbonyl (C=O) groups excluding carboxylic acids is 2. The Labute approximate surface area is 141 Å². The van der Waals surface area contributed by atoms with E-state index in [-0.39, 0.29) is 18.4 Å². The van der Waals surface area contributed by atoms with E-state index in [0.717, 1.165) is 24.2 Å².